The summed E-state index contributed by atoms with van der Waals surface area (Å²) in [4.78, 5) is 15.2. The molecule has 5 heteroatoms. The van der Waals surface area contributed by atoms with Gasteiger partial charge in [0.1, 0.15) is 5.82 Å². The Kier molecular flexibility index (Phi) is 5.70. The van der Waals surface area contributed by atoms with Crippen molar-refractivity contribution in [3.05, 3.63) is 70.5 Å². The fourth-order valence-corrected chi connectivity index (χ4v) is 4.40. The molecule has 1 N–H and O–H groups in total. The second-order valence-corrected chi connectivity index (χ2v) is 8.57. The second kappa shape index (κ2) is 8.22. The average molecular weight is 401 g/mol. The third-order valence-electron chi connectivity index (χ3n) is 6.09. The third-order valence-corrected chi connectivity index (χ3v) is 6.34. The molecule has 0 unspecified atom stereocenters. The van der Waals surface area contributed by atoms with Crippen LogP contribution in [0.1, 0.15) is 36.8 Å². The molecule has 4 rings (SSSR count). The molecule has 3 nitrogen and oxygen atoms in total. The van der Waals surface area contributed by atoms with Gasteiger partial charge in [0, 0.05) is 30.2 Å². The van der Waals surface area contributed by atoms with E-state index in [9.17, 15) is 9.18 Å². The summed E-state index contributed by atoms with van der Waals surface area (Å²) >= 11 is 5.98. The van der Waals surface area contributed by atoms with Gasteiger partial charge in [0.15, 0.2) is 0 Å². The van der Waals surface area contributed by atoms with Crippen LogP contribution in [-0.2, 0) is 16.8 Å². The average Bonchev–Trinajstić information content (AvgIpc) is 3.51. The number of hydrogen-bond acceptors (Lipinski definition) is 2. The summed E-state index contributed by atoms with van der Waals surface area (Å²) in [7, 11) is 0. The monoisotopic (exact) mass is 400 g/mol. The zero-order chi connectivity index (χ0) is 19.6. The molecule has 0 bridgehead atoms. The predicted octanol–water partition coefficient (Wildman–Crippen LogP) is 4.54. The van der Waals surface area contributed by atoms with E-state index < -0.39 is 0 Å². The first-order valence-electron chi connectivity index (χ1n) is 10.1. The highest BCUT2D eigenvalue weighted by atomic mass is 35.5. The van der Waals surface area contributed by atoms with Crippen molar-refractivity contribution in [2.45, 2.75) is 37.6 Å². The minimum absolute atomic E-state index is 0.126. The molecule has 1 aliphatic heterocycles. The summed E-state index contributed by atoms with van der Waals surface area (Å²) in [6, 6.07) is 14.6. The normalized spacial score (nSPS) is 21.3. The van der Waals surface area contributed by atoms with E-state index in [1.807, 2.05) is 36.4 Å². The molecule has 28 heavy (non-hydrogen) atoms. The van der Waals surface area contributed by atoms with Crippen LogP contribution in [0.3, 0.4) is 0 Å². The number of rotatable bonds is 6. The summed E-state index contributed by atoms with van der Waals surface area (Å²) in [5.74, 6) is 0.392. The van der Waals surface area contributed by atoms with E-state index >= 15 is 0 Å². The van der Waals surface area contributed by atoms with Crippen molar-refractivity contribution in [2.75, 3.05) is 19.6 Å². The number of benzene rings is 2. The van der Waals surface area contributed by atoms with E-state index in [0.29, 0.717) is 24.0 Å². The Balaban J connectivity index is 1.31. The number of halogens is 2. The summed E-state index contributed by atoms with van der Waals surface area (Å²) < 4.78 is 13.9. The van der Waals surface area contributed by atoms with Gasteiger partial charge in [-0.05, 0) is 61.9 Å². The number of hydrogen-bond donors (Lipinski definition) is 1. The minimum Gasteiger partial charge on any atom is -0.355 e. The van der Waals surface area contributed by atoms with Crippen molar-refractivity contribution in [3.8, 4) is 0 Å². The maximum atomic E-state index is 13.9. The largest absolute Gasteiger partial charge is 0.355 e. The van der Waals surface area contributed by atoms with Crippen LogP contribution >= 0.6 is 11.6 Å². The number of carbonyl (C=O) groups is 1. The smallest absolute Gasteiger partial charge is 0.230 e. The molecule has 2 aromatic rings. The van der Waals surface area contributed by atoms with Gasteiger partial charge in [-0.15, -0.1) is 0 Å². The van der Waals surface area contributed by atoms with Gasteiger partial charge >= 0.3 is 0 Å². The highest BCUT2D eigenvalue weighted by molar-refractivity contribution is 6.30. The molecule has 2 fully saturated rings. The first-order chi connectivity index (χ1) is 13.6. The van der Waals surface area contributed by atoms with Gasteiger partial charge in [0.2, 0.25) is 5.91 Å². The molecule has 1 heterocycles. The summed E-state index contributed by atoms with van der Waals surface area (Å²) in [6.07, 6.45) is 3.97. The molecule has 2 aliphatic rings. The van der Waals surface area contributed by atoms with E-state index in [4.69, 9.17) is 11.6 Å². The lowest BCUT2D eigenvalue weighted by atomic mass is 9.93. The summed E-state index contributed by atoms with van der Waals surface area (Å²) in [6.45, 7) is 3.18. The van der Waals surface area contributed by atoms with E-state index in [2.05, 4.69) is 10.2 Å². The van der Waals surface area contributed by atoms with Gasteiger partial charge < -0.3 is 5.32 Å². The SMILES string of the molecule is O=C(NC[C@@H]1CCCN(Cc2ccccc2F)C1)C1(c2ccc(Cl)cc2)CC1. The van der Waals surface area contributed by atoms with E-state index in [1.54, 1.807) is 6.07 Å². The standard InChI is InChI=1S/C23H26ClFN2O/c24-20-9-7-19(8-10-20)23(11-12-23)22(28)26-14-17-4-3-13-27(15-17)16-18-5-1-2-6-21(18)25/h1-2,5-10,17H,3-4,11-16H2,(H,26,28)/t17-/m0/s1. The van der Waals surface area contributed by atoms with Gasteiger partial charge in [-0.2, -0.15) is 0 Å². The molecule has 0 aromatic heterocycles. The molecule has 1 aliphatic carbocycles. The van der Waals surface area contributed by atoms with Crippen LogP contribution in [0.25, 0.3) is 0 Å². The van der Waals surface area contributed by atoms with Gasteiger partial charge in [-0.3, -0.25) is 9.69 Å². The number of nitrogens with one attached hydrogen (secondary N) is 1. The number of nitrogens with zero attached hydrogens (tertiary/aromatic N) is 1. The fourth-order valence-electron chi connectivity index (χ4n) is 4.28. The van der Waals surface area contributed by atoms with Crippen molar-refractivity contribution in [2.24, 2.45) is 5.92 Å². The summed E-state index contributed by atoms with van der Waals surface area (Å²) in [5, 5.41) is 3.88. The molecule has 0 spiro atoms. The van der Waals surface area contributed by atoms with Gasteiger partial charge in [-0.1, -0.05) is 41.9 Å². The third kappa shape index (κ3) is 4.23. The molecule has 1 saturated carbocycles. The van der Waals surface area contributed by atoms with Crippen molar-refractivity contribution in [1.82, 2.24) is 10.2 Å². The highest BCUT2D eigenvalue weighted by Gasteiger charge is 2.51. The lowest BCUT2D eigenvalue weighted by Gasteiger charge is -2.33. The number of likely N-dealkylation sites (tertiary alicyclic amines) is 1. The Morgan fingerprint density at radius 3 is 2.64 bits per heavy atom. The zero-order valence-corrected chi connectivity index (χ0v) is 16.7. The van der Waals surface area contributed by atoms with E-state index in [1.165, 1.54) is 6.07 Å². The lowest BCUT2D eigenvalue weighted by Crippen LogP contribution is -2.43. The van der Waals surface area contributed by atoms with Crippen molar-refractivity contribution < 1.29 is 9.18 Å². The molecule has 1 atom stereocenters. The van der Waals surface area contributed by atoms with Crippen LogP contribution in [0.2, 0.25) is 5.02 Å². The molecule has 1 saturated heterocycles. The molecule has 1 amide bonds. The van der Waals surface area contributed by atoms with Gasteiger partial charge in [0.25, 0.3) is 0 Å². The van der Waals surface area contributed by atoms with Crippen molar-refractivity contribution in [1.29, 1.82) is 0 Å². The maximum Gasteiger partial charge on any atom is 0.230 e. The Bertz CT molecular complexity index is 835. The van der Waals surface area contributed by atoms with Crippen LogP contribution in [0.15, 0.2) is 48.5 Å². The first kappa shape index (κ1) is 19.4. The Morgan fingerprint density at radius 1 is 1.18 bits per heavy atom. The van der Waals surface area contributed by atoms with Crippen molar-refractivity contribution >= 4 is 17.5 Å². The van der Waals surface area contributed by atoms with Gasteiger partial charge in [-0.25, -0.2) is 4.39 Å². The van der Waals surface area contributed by atoms with E-state index in [0.717, 1.165) is 49.9 Å². The van der Waals surface area contributed by atoms with E-state index in [-0.39, 0.29) is 17.1 Å². The Morgan fingerprint density at radius 2 is 1.93 bits per heavy atom. The van der Waals surface area contributed by atoms with Crippen LogP contribution < -0.4 is 5.32 Å². The van der Waals surface area contributed by atoms with Crippen LogP contribution in [-0.4, -0.2) is 30.4 Å². The fraction of sp³-hybridized carbons (Fsp3) is 0.435. The molecular weight excluding hydrogens is 375 g/mol. The quantitative estimate of drug-likeness (QED) is 0.772. The molecule has 2 aromatic carbocycles. The number of piperidine rings is 1. The first-order valence-corrected chi connectivity index (χ1v) is 10.4. The van der Waals surface area contributed by atoms with Crippen LogP contribution in [0.5, 0.6) is 0 Å². The summed E-state index contributed by atoms with van der Waals surface area (Å²) in [5.41, 5.74) is 1.43. The van der Waals surface area contributed by atoms with Gasteiger partial charge in [0.05, 0.1) is 5.41 Å². The Labute approximate surface area is 170 Å². The predicted molar refractivity (Wildman–Crippen MR) is 110 cm³/mol. The minimum atomic E-state index is -0.369. The van der Waals surface area contributed by atoms with Crippen molar-refractivity contribution in [3.63, 3.8) is 0 Å². The Hall–Kier alpha value is -1.91. The molecule has 0 radical (unpaired) electrons. The second-order valence-electron chi connectivity index (χ2n) is 8.13. The highest BCUT2D eigenvalue weighted by Crippen LogP contribution is 2.48. The lowest BCUT2D eigenvalue weighted by molar-refractivity contribution is -0.123. The van der Waals surface area contributed by atoms with Crippen LogP contribution in [0, 0.1) is 11.7 Å². The number of carbonyl (C=O) groups excluding carboxylic acids is 1. The zero-order valence-electron chi connectivity index (χ0n) is 16.0. The topological polar surface area (TPSA) is 32.3 Å². The van der Waals surface area contributed by atoms with Crippen LogP contribution in [0.4, 0.5) is 4.39 Å². The maximum absolute atomic E-state index is 13.9. The molecular formula is C23H26ClFN2O. The number of amides is 1. The molecule has 148 valence electrons.